The van der Waals surface area contributed by atoms with Crippen molar-refractivity contribution in [3.63, 3.8) is 0 Å². The number of benzene rings is 2. The first kappa shape index (κ1) is 25.2. The Balaban J connectivity index is 1.37. The van der Waals surface area contributed by atoms with Gasteiger partial charge in [0.15, 0.2) is 0 Å². The fourth-order valence-electron chi connectivity index (χ4n) is 3.83. The molecule has 0 saturated carbocycles. The van der Waals surface area contributed by atoms with E-state index in [0.717, 1.165) is 35.8 Å². The van der Waals surface area contributed by atoms with Gasteiger partial charge in [-0.2, -0.15) is 0 Å². The fourth-order valence-corrected chi connectivity index (χ4v) is 6.49. The molecule has 3 heterocycles. The fraction of sp³-hybridized carbons (Fsp3) is 0.130. The van der Waals surface area contributed by atoms with Gasteiger partial charge in [0, 0.05) is 24.8 Å². The SMILES string of the molecule is CN1CCN=C1c1ccc2c(=O)n(-c3ccc(NC(=O)NS(=O)(=O)c4ccc(Cl)s4)cc3Cl)cnc2c1. The predicted molar refractivity (Wildman–Crippen MR) is 145 cm³/mol. The number of halogens is 2. The number of amides is 2. The number of amidine groups is 1. The average Bonchev–Trinajstić information content (AvgIpc) is 3.48. The first-order chi connectivity index (χ1) is 17.6. The van der Waals surface area contributed by atoms with Crippen LogP contribution in [-0.4, -0.2) is 54.9 Å². The van der Waals surface area contributed by atoms with Gasteiger partial charge in [0.1, 0.15) is 16.4 Å². The molecule has 0 unspecified atom stereocenters. The molecule has 190 valence electrons. The third-order valence-corrected chi connectivity index (χ3v) is 8.94. The van der Waals surface area contributed by atoms with Crippen LogP contribution in [0.15, 0.2) is 68.9 Å². The lowest BCUT2D eigenvalue weighted by atomic mass is 10.1. The Bertz CT molecular complexity index is 1750. The van der Waals surface area contributed by atoms with Crippen LogP contribution in [0.25, 0.3) is 16.6 Å². The Morgan fingerprint density at radius 3 is 2.59 bits per heavy atom. The highest BCUT2D eigenvalue weighted by atomic mass is 35.5. The number of rotatable bonds is 5. The number of likely N-dealkylation sites (N-methyl/N-ethyl adjacent to an activating group) is 1. The van der Waals surface area contributed by atoms with Crippen molar-refractivity contribution in [2.24, 2.45) is 4.99 Å². The van der Waals surface area contributed by atoms with E-state index in [1.165, 1.54) is 41.2 Å². The zero-order chi connectivity index (χ0) is 26.3. The largest absolute Gasteiger partial charge is 0.358 e. The average molecular weight is 577 g/mol. The lowest BCUT2D eigenvalue weighted by Gasteiger charge is -2.14. The number of aliphatic imine (C=N–C) groups is 1. The maximum atomic E-state index is 13.2. The molecule has 0 atom stereocenters. The summed E-state index contributed by atoms with van der Waals surface area (Å²) in [5.41, 5.74) is 1.66. The van der Waals surface area contributed by atoms with E-state index in [2.05, 4.69) is 15.3 Å². The molecule has 2 amide bonds. The summed E-state index contributed by atoms with van der Waals surface area (Å²) in [7, 11) is -2.12. The molecule has 0 saturated heterocycles. The number of nitrogens with zero attached hydrogens (tertiary/aromatic N) is 4. The van der Waals surface area contributed by atoms with Crippen molar-refractivity contribution in [3.05, 3.63) is 80.1 Å². The van der Waals surface area contributed by atoms with E-state index in [4.69, 9.17) is 23.2 Å². The maximum absolute atomic E-state index is 13.2. The zero-order valence-electron chi connectivity index (χ0n) is 19.1. The standard InChI is InChI=1S/C23H18Cl2N6O4S2/c1-30-9-8-26-21(30)13-2-4-15-17(10-13)27-12-31(22(15)32)18-5-3-14(11-16(18)24)28-23(33)29-37(34,35)20-7-6-19(25)36-20/h2-7,10-12H,8-9H2,1H3,(H2,28,29,33). The molecule has 10 nitrogen and oxygen atoms in total. The summed E-state index contributed by atoms with van der Waals surface area (Å²) in [5, 5.41) is 2.97. The van der Waals surface area contributed by atoms with Crippen LogP contribution in [0.1, 0.15) is 5.56 Å². The lowest BCUT2D eigenvalue weighted by Crippen LogP contribution is -2.33. The number of hydrogen-bond acceptors (Lipinski definition) is 8. The van der Waals surface area contributed by atoms with Crippen molar-refractivity contribution in [3.8, 4) is 5.69 Å². The van der Waals surface area contributed by atoms with Gasteiger partial charge in [0.25, 0.3) is 15.6 Å². The molecule has 2 N–H and O–H groups in total. The molecule has 0 aliphatic carbocycles. The molecule has 1 aliphatic heterocycles. The van der Waals surface area contributed by atoms with Gasteiger partial charge in [0.2, 0.25) is 0 Å². The van der Waals surface area contributed by atoms with Crippen LogP contribution in [0.4, 0.5) is 10.5 Å². The van der Waals surface area contributed by atoms with Crippen LogP contribution >= 0.6 is 34.5 Å². The van der Waals surface area contributed by atoms with Gasteiger partial charge in [-0.05, 0) is 42.5 Å². The number of urea groups is 1. The van der Waals surface area contributed by atoms with E-state index >= 15 is 0 Å². The minimum atomic E-state index is -4.08. The summed E-state index contributed by atoms with van der Waals surface area (Å²) in [6.07, 6.45) is 1.38. The van der Waals surface area contributed by atoms with Crippen LogP contribution < -0.4 is 15.6 Å². The van der Waals surface area contributed by atoms with Gasteiger partial charge in [0.05, 0.1) is 32.5 Å². The van der Waals surface area contributed by atoms with Crippen LogP contribution in [0.5, 0.6) is 0 Å². The minimum absolute atomic E-state index is 0.0976. The van der Waals surface area contributed by atoms with Crippen molar-refractivity contribution < 1.29 is 13.2 Å². The predicted octanol–water partition coefficient (Wildman–Crippen LogP) is 3.96. The maximum Gasteiger partial charge on any atom is 0.333 e. The highest BCUT2D eigenvalue weighted by molar-refractivity contribution is 7.92. The van der Waals surface area contributed by atoms with Crippen LogP contribution in [0, 0.1) is 0 Å². The van der Waals surface area contributed by atoms with E-state index < -0.39 is 16.1 Å². The van der Waals surface area contributed by atoms with Crippen molar-refractivity contribution in [1.29, 1.82) is 0 Å². The smallest absolute Gasteiger partial charge is 0.333 e. The second kappa shape index (κ2) is 9.78. The summed E-state index contributed by atoms with van der Waals surface area (Å²) in [6.45, 7) is 1.57. The molecule has 0 spiro atoms. The Kier molecular flexibility index (Phi) is 6.67. The molecular weight excluding hydrogens is 559 g/mol. The van der Waals surface area contributed by atoms with Gasteiger partial charge < -0.3 is 10.2 Å². The van der Waals surface area contributed by atoms with Crippen LogP contribution in [0.3, 0.4) is 0 Å². The van der Waals surface area contributed by atoms with E-state index in [0.29, 0.717) is 16.6 Å². The summed E-state index contributed by atoms with van der Waals surface area (Å²) in [5.74, 6) is 0.857. The van der Waals surface area contributed by atoms with E-state index in [9.17, 15) is 18.0 Å². The normalized spacial score (nSPS) is 13.6. The van der Waals surface area contributed by atoms with E-state index in [1.807, 2.05) is 28.8 Å². The summed E-state index contributed by atoms with van der Waals surface area (Å²) >= 11 is 13.0. The molecule has 4 aromatic rings. The second-order valence-electron chi connectivity index (χ2n) is 8.06. The zero-order valence-corrected chi connectivity index (χ0v) is 22.2. The van der Waals surface area contributed by atoms with Gasteiger partial charge in [-0.1, -0.05) is 29.3 Å². The Morgan fingerprint density at radius 2 is 1.92 bits per heavy atom. The number of anilines is 1. The van der Waals surface area contributed by atoms with E-state index in [1.54, 1.807) is 6.07 Å². The van der Waals surface area contributed by atoms with Crippen molar-refractivity contribution in [1.82, 2.24) is 19.2 Å². The quantitative estimate of drug-likeness (QED) is 0.370. The molecule has 2 aromatic carbocycles. The topological polar surface area (TPSA) is 126 Å². The van der Waals surface area contributed by atoms with Gasteiger partial charge in [-0.3, -0.25) is 14.4 Å². The second-order valence-corrected chi connectivity index (χ2v) is 12.1. The van der Waals surface area contributed by atoms with Crippen molar-refractivity contribution >= 4 is 73.0 Å². The van der Waals surface area contributed by atoms with Gasteiger partial charge in [-0.25, -0.2) is 22.9 Å². The van der Waals surface area contributed by atoms with Gasteiger partial charge in [-0.15, -0.1) is 11.3 Å². The number of carbonyl (C=O) groups is 1. The summed E-state index contributed by atoms with van der Waals surface area (Å²) in [6, 6.07) is 11.5. The van der Waals surface area contributed by atoms with E-state index in [-0.39, 0.29) is 24.8 Å². The molecule has 0 radical (unpaired) electrons. The highest BCUT2D eigenvalue weighted by Crippen LogP contribution is 2.26. The molecule has 37 heavy (non-hydrogen) atoms. The van der Waals surface area contributed by atoms with Crippen molar-refractivity contribution in [2.45, 2.75) is 4.21 Å². The molecule has 0 fully saturated rings. The minimum Gasteiger partial charge on any atom is -0.358 e. The Labute approximate surface area is 225 Å². The third kappa shape index (κ3) is 5.05. The number of aromatic nitrogens is 2. The molecule has 14 heteroatoms. The molecule has 2 aromatic heterocycles. The first-order valence-corrected chi connectivity index (χ1v) is 13.8. The molecular formula is C23H18Cl2N6O4S2. The Morgan fingerprint density at radius 1 is 1.11 bits per heavy atom. The number of carbonyl (C=O) groups excluding carboxylic acids is 1. The number of thiophene rings is 1. The third-order valence-electron chi connectivity index (χ3n) is 5.58. The number of nitrogens with one attached hydrogen (secondary N) is 2. The monoisotopic (exact) mass is 576 g/mol. The number of sulfonamides is 1. The van der Waals surface area contributed by atoms with Crippen molar-refractivity contribution in [2.75, 3.05) is 25.5 Å². The van der Waals surface area contributed by atoms with Crippen LogP contribution in [0.2, 0.25) is 9.36 Å². The summed E-state index contributed by atoms with van der Waals surface area (Å²) < 4.78 is 28.0. The molecule has 1 aliphatic rings. The number of hydrogen-bond donors (Lipinski definition) is 2. The Hall–Kier alpha value is -3.45. The number of fused-ring (bicyclic) bond motifs is 1. The van der Waals surface area contributed by atoms with Gasteiger partial charge >= 0.3 is 6.03 Å². The van der Waals surface area contributed by atoms with Crippen LogP contribution in [-0.2, 0) is 10.0 Å². The molecule has 5 rings (SSSR count). The lowest BCUT2D eigenvalue weighted by molar-refractivity contribution is 0.256. The molecule has 0 bridgehead atoms. The summed E-state index contributed by atoms with van der Waals surface area (Å²) in [4.78, 5) is 36.5. The first-order valence-electron chi connectivity index (χ1n) is 10.8. The highest BCUT2D eigenvalue weighted by Gasteiger charge is 2.20.